The molecule has 0 unspecified atom stereocenters. The normalized spacial score (nSPS) is 15.1. The summed E-state index contributed by atoms with van der Waals surface area (Å²) in [5.74, 6) is 1.34. The predicted molar refractivity (Wildman–Crippen MR) is 74.4 cm³/mol. The Kier molecular flexibility index (Phi) is 3.98. The van der Waals surface area contributed by atoms with Gasteiger partial charge in [-0.05, 0) is 12.1 Å². The smallest absolute Gasteiger partial charge is 0.247 e. The summed E-state index contributed by atoms with van der Waals surface area (Å²) >= 11 is 0. The summed E-state index contributed by atoms with van der Waals surface area (Å²) < 4.78 is 5.32. The molecule has 0 saturated carbocycles. The fourth-order valence-corrected chi connectivity index (χ4v) is 1.96. The Morgan fingerprint density at radius 2 is 2.15 bits per heavy atom. The monoisotopic (exact) mass is 272 g/mol. The molecule has 2 aromatic heterocycles. The van der Waals surface area contributed by atoms with Crippen molar-refractivity contribution in [2.75, 3.05) is 36.5 Å². The molecule has 0 atom stereocenters. The standard InChI is InChI=1S/C13H16N6O/c1-2-4-14-11(3-1)9-15-12-10-16-18-13(17-12)19-5-7-20-8-6-19/h1-4,10H,5-9H2,(H,15,17,18). The van der Waals surface area contributed by atoms with Gasteiger partial charge < -0.3 is 15.0 Å². The van der Waals surface area contributed by atoms with Gasteiger partial charge in [-0.1, -0.05) is 6.07 Å². The number of morpholine rings is 1. The summed E-state index contributed by atoms with van der Waals surface area (Å²) in [4.78, 5) is 10.8. The lowest BCUT2D eigenvalue weighted by Crippen LogP contribution is -2.37. The van der Waals surface area contributed by atoms with E-state index in [1.54, 1.807) is 12.4 Å². The molecule has 2 aromatic rings. The van der Waals surface area contributed by atoms with Gasteiger partial charge in [0.25, 0.3) is 0 Å². The maximum absolute atomic E-state index is 5.32. The van der Waals surface area contributed by atoms with Crippen molar-refractivity contribution in [3.8, 4) is 0 Å². The van der Waals surface area contributed by atoms with E-state index in [0.717, 1.165) is 18.8 Å². The number of hydrogen-bond donors (Lipinski definition) is 1. The van der Waals surface area contributed by atoms with Crippen molar-refractivity contribution >= 4 is 11.8 Å². The van der Waals surface area contributed by atoms with Crippen molar-refractivity contribution in [3.05, 3.63) is 36.3 Å². The van der Waals surface area contributed by atoms with Crippen LogP contribution in [-0.4, -0.2) is 46.5 Å². The van der Waals surface area contributed by atoms with E-state index in [9.17, 15) is 0 Å². The molecule has 1 fully saturated rings. The van der Waals surface area contributed by atoms with Crippen molar-refractivity contribution in [1.29, 1.82) is 0 Å². The minimum absolute atomic E-state index is 0.613. The van der Waals surface area contributed by atoms with Gasteiger partial charge in [-0.15, -0.1) is 5.10 Å². The Balaban J connectivity index is 1.65. The third-order valence-corrected chi connectivity index (χ3v) is 3.02. The zero-order chi connectivity index (χ0) is 13.6. The molecule has 0 aromatic carbocycles. The second kappa shape index (κ2) is 6.25. The van der Waals surface area contributed by atoms with Crippen LogP contribution in [0.25, 0.3) is 0 Å². The summed E-state index contributed by atoms with van der Waals surface area (Å²) in [6.07, 6.45) is 3.39. The summed E-state index contributed by atoms with van der Waals surface area (Å²) in [7, 11) is 0. The first-order chi connectivity index (χ1) is 9.92. The fourth-order valence-electron chi connectivity index (χ4n) is 1.96. The summed E-state index contributed by atoms with van der Waals surface area (Å²) in [6.45, 7) is 3.61. The Hall–Kier alpha value is -2.28. The number of ether oxygens (including phenoxy) is 1. The van der Waals surface area contributed by atoms with Crippen LogP contribution in [0.4, 0.5) is 11.8 Å². The first-order valence-electron chi connectivity index (χ1n) is 6.58. The molecule has 0 radical (unpaired) electrons. The number of anilines is 2. The van der Waals surface area contributed by atoms with Crippen molar-refractivity contribution in [1.82, 2.24) is 20.2 Å². The lowest BCUT2D eigenvalue weighted by Gasteiger charge is -2.26. The first-order valence-corrected chi connectivity index (χ1v) is 6.58. The van der Waals surface area contributed by atoms with Crippen LogP contribution in [0.3, 0.4) is 0 Å². The van der Waals surface area contributed by atoms with Gasteiger partial charge in [-0.3, -0.25) is 4.98 Å². The molecule has 0 bridgehead atoms. The molecule has 1 N–H and O–H groups in total. The third kappa shape index (κ3) is 3.18. The molecule has 7 nitrogen and oxygen atoms in total. The van der Waals surface area contributed by atoms with E-state index in [0.29, 0.717) is 31.5 Å². The van der Waals surface area contributed by atoms with Crippen LogP contribution in [0, 0.1) is 0 Å². The van der Waals surface area contributed by atoms with Gasteiger partial charge in [0.2, 0.25) is 5.95 Å². The van der Waals surface area contributed by atoms with Crippen molar-refractivity contribution < 1.29 is 4.74 Å². The largest absolute Gasteiger partial charge is 0.378 e. The third-order valence-electron chi connectivity index (χ3n) is 3.02. The molecular formula is C13H16N6O. The number of hydrogen-bond acceptors (Lipinski definition) is 7. The summed E-state index contributed by atoms with van der Waals surface area (Å²) in [6, 6.07) is 5.82. The molecule has 20 heavy (non-hydrogen) atoms. The number of nitrogens with zero attached hydrogens (tertiary/aromatic N) is 5. The van der Waals surface area contributed by atoms with Crippen LogP contribution in [0.15, 0.2) is 30.6 Å². The number of nitrogens with one attached hydrogen (secondary N) is 1. The Morgan fingerprint density at radius 3 is 2.95 bits per heavy atom. The van der Waals surface area contributed by atoms with E-state index in [-0.39, 0.29) is 0 Å². The lowest BCUT2D eigenvalue weighted by atomic mass is 10.3. The predicted octanol–water partition coefficient (Wildman–Crippen LogP) is 0.715. The van der Waals surface area contributed by atoms with E-state index in [1.165, 1.54) is 0 Å². The van der Waals surface area contributed by atoms with Crippen LogP contribution in [0.1, 0.15) is 5.69 Å². The SMILES string of the molecule is c1ccc(CNc2cnnc(N3CCOCC3)n2)nc1. The molecule has 0 amide bonds. The van der Waals surface area contributed by atoms with Gasteiger partial charge >= 0.3 is 0 Å². The van der Waals surface area contributed by atoms with Crippen molar-refractivity contribution in [3.63, 3.8) is 0 Å². The molecule has 3 rings (SSSR count). The minimum atomic E-state index is 0.613. The van der Waals surface area contributed by atoms with E-state index in [1.807, 2.05) is 18.2 Å². The average molecular weight is 272 g/mol. The van der Waals surface area contributed by atoms with Crippen LogP contribution in [0.2, 0.25) is 0 Å². The Morgan fingerprint density at radius 1 is 1.25 bits per heavy atom. The molecule has 1 aliphatic heterocycles. The zero-order valence-electron chi connectivity index (χ0n) is 11.1. The highest BCUT2D eigenvalue weighted by atomic mass is 16.5. The lowest BCUT2D eigenvalue weighted by molar-refractivity contribution is 0.122. The van der Waals surface area contributed by atoms with E-state index in [4.69, 9.17) is 4.74 Å². The summed E-state index contributed by atoms with van der Waals surface area (Å²) in [5.41, 5.74) is 0.957. The molecule has 1 aliphatic rings. The van der Waals surface area contributed by atoms with Gasteiger partial charge in [0.1, 0.15) is 0 Å². The number of aromatic nitrogens is 4. The van der Waals surface area contributed by atoms with E-state index < -0.39 is 0 Å². The molecular weight excluding hydrogens is 256 g/mol. The fraction of sp³-hybridized carbons (Fsp3) is 0.385. The summed E-state index contributed by atoms with van der Waals surface area (Å²) in [5, 5.41) is 11.3. The molecule has 1 saturated heterocycles. The topological polar surface area (TPSA) is 76.1 Å². The number of pyridine rings is 1. The average Bonchev–Trinajstić information content (AvgIpc) is 2.55. The van der Waals surface area contributed by atoms with Crippen LogP contribution in [0.5, 0.6) is 0 Å². The highest BCUT2D eigenvalue weighted by Crippen LogP contribution is 2.11. The van der Waals surface area contributed by atoms with Crippen molar-refractivity contribution in [2.45, 2.75) is 6.54 Å². The Labute approximate surface area is 117 Å². The minimum Gasteiger partial charge on any atom is -0.378 e. The van der Waals surface area contributed by atoms with Crippen LogP contribution in [-0.2, 0) is 11.3 Å². The zero-order valence-corrected chi connectivity index (χ0v) is 11.1. The molecule has 0 aliphatic carbocycles. The molecule has 3 heterocycles. The van der Waals surface area contributed by atoms with E-state index in [2.05, 4.69) is 30.4 Å². The van der Waals surface area contributed by atoms with Gasteiger partial charge in [0, 0.05) is 19.3 Å². The maximum atomic E-state index is 5.32. The molecule has 7 heteroatoms. The van der Waals surface area contributed by atoms with Crippen molar-refractivity contribution in [2.24, 2.45) is 0 Å². The quantitative estimate of drug-likeness (QED) is 0.878. The first kappa shape index (κ1) is 12.7. The maximum Gasteiger partial charge on any atom is 0.247 e. The van der Waals surface area contributed by atoms with Gasteiger partial charge in [-0.2, -0.15) is 10.1 Å². The number of rotatable bonds is 4. The molecule has 104 valence electrons. The highest BCUT2D eigenvalue weighted by Gasteiger charge is 2.14. The van der Waals surface area contributed by atoms with Gasteiger partial charge in [0.05, 0.1) is 31.6 Å². The van der Waals surface area contributed by atoms with Crippen LogP contribution < -0.4 is 10.2 Å². The Bertz CT molecular complexity index is 544. The van der Waals surface area contributed by atoms with Crippen LogP contribution >= 0.6 is 0 Å². The van der Waals surface area contributed by atoms with Gasteiger partial charge in [0.15, 0.2) is 5.82 Å². The van der Waals surface area contributed by atoms with Gasteiger partial charge in [-0.25, -0.2) is 0 Å². The second-order valence-corrected chi connectivity index (χ2v) is 4.42. The van der Waals surface area contributed by atoms with E-state index >= 15 is 0 Å². The second-order valence-electron chi connectivity index (χ2n) is 4.42. The highest BCUT2D eigenvalue weighted by molar-refractivity contribution is 5.39. The molecule has 0 spiro atoms.